The van der Waals surface area contributed by atoms with Gasteiger partial charge in [-0.05, 0) is 32.1 Å². The molecule has 0 radical (unpaired) electrons. The Kier molecular flexibility index (Phi) is 4.29. The van der Waals surface area contributed by atoms with E-state index in [0.29, 0.717) is 25.3 Å². The lowest BCUT2D eigenvalue weighted by molar-refractivity contribution is -0.148. The fourth-order valence-corrected chi connectivity index (χ4v) is 2.79. The van der Waals surface area contributed by atoms with E-state index in [1.54, 1.807) is 0 Å². The average Bonchev–Trinajstić information content (AvgIpc) is 2.78. The van der Waals surface area contributed by atoms with Gasteiger partial charge in [-0.25, -0.2) is 9.59 Å². The summed E-state index contributed by atoms with van der Waals surface area (Å²) in [4.78, 5) is 22.9. The van der Waals surface area contributed by atoms with E-state index in [9.17, 15) is 9.59 Å². The van der Waals surface area contributed by atoms with Crippen molar-refractivity contribution >= 4 is 12.0 Å². The van der Waals surface area contributed by atoms with Crippen LogP contribution in [0, 0.1) is 5.92 Å². The highest BCUT2D eigenvalue weighted by atomic mass is 16.5. The first-order valence-corrected chi connectivity index (χ1v) is 6.98. The fraction of sp³-hybridized carbons (Fsp3) is 0.846. The van der Waals surface area contributed by atoms with E-state index in [0.717, 1.165) is 25.9 Å². The minimum atomic E-state index is -1.04. The Morgan fingerprint density at radius 1 is 1.42 bits per heavy atom. The summed E-state index contributed by atoms with van der Waals surface area (Å²) in [6, 6.07) is -0.385. The quantitative estimate of drug-likeness (QED) is 0.698. The zero-order valence-electron chi connectivity index (χ0n) is 11.3. The average molecular weight is 270 g/mol. The van der Waals surface area contributed by atoms with Crippen LogP contribution in [0.4, 0.5) is 4.79 Å². The molecule has 2 unspecified atom stereocenters. The first-order valence-electron chi connectivity index (χ1n) is 6.98. The van der Waals surface area contributed by atoms with Gasteiger partial charge in [0.15, 0.2) is 0 Å². The van der Waals surface area contributed by atoms with Crippen LogP contribution in [0.1, 0.15) is 39.0 Å². The number of carboxylic acids is 1. The topological polar surface area (TPSA) is 87.7 Å². The summed E-state index contributed by atoms with van der Waals surface area (Å²) in [6.07, 6.45) is 3.97. The van der Waals surface area contributed by atoms with Gasteiger partial charge in [0.25, 0.3) is 0 Å². The summed E-state index contributed by atoms with van der Waals surface area (Å²) in [7, 11) is 0. The SMILES string of the molecule is CCC1OCCC1CNC(=O)NC1(C(=O)O)CCC1. The number of amides is 2. The minimum absolute atomic E-state index is 0.206. The molecule has 6 heteroatoms. The molecule has 1 aliphatic heterocycles. The van der Waals surface area contributed by atoms with E-state index in [-0.39, 0.29) is 12.1 Å². The van der Waals surface area contributed by atoms with Crippen LogP contribution in [-0.4, -0.2) is 41.9 Å². The molecule has 2 aliphatic rings. The number of aliphatic carboxylic acids is 1. The number of rotatable bonds is 5. The summed E-state index contributed by atoms with van der Waals surface area (Å²) in [5, 5.41) is 14.5. The van der Waals surface area contributed by atoms with Crippen LogP contribution in [0.3, 0.4) is 0 Å². The van der Waals surface area contributed by atoms with Crippen molar-refractivity contribution in [1.29, 1.82) is 0 Å². The van der Waals surface area contributed by atoms with Gasteiger partial charge in [-0.3, -0.25) is 0 Å². The number of carbonyl (C=O) groups is 2. The highest BCUT2D eigenvalue weighted by molar-refractivity contribution is 5.87. The lowest BCUT2D eigenvalue weighted by atomic mass is 9.77. The first-order chi connectivity index (χ1) is 9.07. The van der Waals surface area contributed by atoms with Crippen molar-refractivity contribution in [2.75, 3.05) is 13.2 Å². The zero-order valence-corrected chi connectivity index (χ0v) is 11.3. The molecule has 6 nitrogen and oxygen atoms in total. The lowest BCUT2D eigenvalue weighted by Crippen LogP contribution is -2.61. The number of carboxylic acid groups (broad SMARTS) is 1. The van der Waals surface area contributed by atoms with E-state index >= 15 is 0 Å². The Hall–Kier alpha value is -1.30. The zero-order chi connectivity index (χ0) is 13.9. The molecular formula is C13H22N2O4. The van der Waals surface area contributed by atoms with E-state index in [1.807, 2.05) is 0 Å². The third kappa shape index (κ3) is 3.00. The number of ether oxygens (including phenoxy) is 1. The highest BCUT2D eigenvalue weighted by Crippen LogP contribution is 2.31. The summed E-state index contributed by atoms with van der Waals surface area (Å²) in [5.41, 5.74) is -1.04. The standard InChI is InChI=1S/C13H22N2O4/c1-2-10-9(4-7-19-10)8-14-12(18)15-13(11(16)17)5-3-6-13/h9-10H,2-8H2,1H3,(H,16,17)(H2,14,15,18). The smallest absolute Gasteiger partial charge is 0.329 e. The van der Waals surface area contributed by atoms with Gasteiger partial charge in [-0.15, -0.1) is 0 Å². The van der Waals surface area contributed by atoms with Crippen LogP contribution in [0.15, 0.2) is 0 Å². The molecule has 0 bridgehead atoms. The molecule has 0 aromatic heterocycles. The molecule has 19 heavy (non-hydrogen) atoms. The summed E-state index contributed by atoms with van der Waals surface area (Å²) in [5.74, 6) is -0.609. The molecular weight excluding hydrogens is 248 g/mol. The predicted molar refractivity (Wildman–Crippen MR) is 68.9 cm³/mol. The van der Waals surface area contributed by atoms with Crippen LogP contribution in [-0.2, 0) is 9.53 Å². The molecule has 2 rings (SSSR count). The monoisotopic (exact) mass is 270 g/mol. The van der Waals surface area contributed by atoms with Crippen LogP contribution in [0.5, 0.6) is 0 Å². The van der Waals surface area contributed by atoms with Crippen molar-refractivity contribution in [1.82, 2.24) is 10.6 Å². The molecule has 1 saturated carbocycles. The molecule has 2 amide bonds. The van der Waals surface area contributed by atoms with Crippen molar-refractivity contribution in [3.05, 3.63) is 0 Å². The van der Waals surface area contributed by atoms with Crippen molar-refractivity contribution in [2.45, 2.75) is 50.7 Å². The highest BCUT2D eigenvalue weighted by Gasteiger charge is 2.45. The molecule has 108 valence electrons. The molecule has 0 aromatic carbocycles. The Bertz CT molecular complexity index is 355. The van der Waals surface area contributed by atoms with Crippen LogP contribution in [0.25, 0.3) is 0 Å². The first kappa shape index (κ1) is 14.1. The summed E-state index contributed by atoms with van der Waals surface area (Å²) < 4.78 is 5.55. The minimum Gasteiger partial charge on any atom is -0.480 e. The summed E-state index contributed by atoms with van der Waals surface area (Å²) in [6.45, 7) is 3.35. The van der Waals surface area contributed by atoms with Gasteiger partial charge in [0, 0.05) is 19.1 Å². The number of hydrogen-bond donors (Lipinski definition) is 3. The van der Waals surface area contributed by atoms with E-state index < -0.39 is 11.5 Å². The van der Waals surface area contributed by atoms with E-state index in [1.165, 1.54) is 0 Å². The van der Waals surface area contributed by atoms with Gasteiger partial charge in [0.2, 0.25) is 0 Å². The normalized spacial score (nSPS) is 28.5. The third-order valence-electron chi connectivity index (χ3n) is 4.24. The number of nitrogens with one attached hydrogen (secondary N) is 2. The molecule has 2 atom stereocenters. The van der Waals surface area contributed by atoms with Gasteiger partial charge in [-0.2, -0.15) is 0 Å². The maximum atomic E-state index is 11.8. The molecule has 2 fully saturated rings. The number of carbonyl (C=O) groups excluding carboxylic acids is 1. The molecule has 1 heterocycles. The van der Waals surface area contributed by atoms with E-state index in [4.69, 9.17) is 9.84 Å². The Morgan fingerprint density at radius 2 is 2.16 bits per heavy atom. The lowest BCUT2D eigenvalue weighted by Gasteiger charge is -2.38. The van der Waals surface area contributed by atoms with E-state index in [2.05, 4.69) is 17.6 Å². The van der Waals surface area contributed by atoms with Gasteiger partial charge in [0.05, 0.1) is 6.10 Å². The molecule has 3 N–H and O–H groups in total. The molecule has 0 spiro atoms. The maximum Gasteiger partial charge on any atom is 0.329 e. The number of urea groups is 1. The van der Waals surface area contributed by atoms with Crippen molar-refractivity contribution < 1.29 is 19.4 Å². The van der Waals surface area contributed by atoms with Crippen molar-refractivity contribution in [2.24, 2.45) is 5.92 Å². The maximum absolute atomic E-state index is 11.8. The van der Waals surface area contributed by atoms with Crippen LogP contribution >= 0.6 is 0 Å². The Morgan fingerprint density at radius 3 is 2.68 bits per heavy atom. The largest absolute Gasteiger partial charge is 0.480 e. The summed E-state index contributed by atoms with van der Waals surface area (Å²) >= 11 is 0. The van der Waals surface area contributed by atoms with Crippen molar-refractivity contribution in [3.63, 3.8) is 0 Å². The van der Waals surface area contributed by atoms with Crippen molar-refractivity contribution in [3.8, 4) is 0 Å². The number of hydrogen-bond acceptors (Lipinski definition) is 3. The predicted octanol–water partition coefficient (Wildman–Crippen LogP) is 1.11. The molecule has 1 aliphatic carbocycles. The van der Waals surface area contributed by atoms with Gasteiger partial charge in [0.1, 0.15) is 5.54 Å². The Balaban J connectivity index is 1.77. The molecule has 0 aromatic rings. The van der Waals surface area contributed by atoms with Gasteiger partial charge < -0.3 is 20.5 Å². The fourth-order valence-electron chi connectivity index (χ4n) is 2.79. The van der Waals surface area contributed by atoms with Crippen LogP contribution in [0.2, 0.25) is 0 Å². The van der Waals surface area contributed by atoms with Crippen LogP contribution < -0.4 is 10.6 Å². The van der Waals surface area contributed by atoms with Gasteiger partial charge in [-0.1, -0.05) is 6.92 Å². The molecule has 1 saturated heterocycles. The second-order valence-electron chi connectivity index (χ2n) is 5.44. The second-order valence-corrected chi connectivity index (χ2v) is 5.44. The second kappa shape index (κ2) is 5.77. The van der Waals surface area contributed by atoms with Gasteiger partial charge >= 0.3 is 12.0 Å². The third-order valence-corrected chi connectivity index (χ3v) is 4.24. The Labute approximate surface area is 112 Å².